The van der Waals surface area contributed by atoms with Crippen LogP contribution in [0.1, 0.15) is 49.8 Å². The number of aryl methyl sites for hydroxylation is 2. The Morgan fingerprint density at radius 2 is 1.73 bits per heavy atom. The molecule has 2 aromatic carbocycles. The molecular weight excluding hydrogens is 582 g/mol. The Kier molecular flexibility index (Phi) is 9.94. The third-order valence-electron chi connectivity index (χ3n) is 10.3. The molecule has 0 aromatic heterocycles. The van der Waals surface area contributed by atoms with Crippen molar-refractivity contribution < 1.29 is 19.5 Å². The second-order valence-electron chi connectivity index (χ2n) is 12.9. The van der Waals surface area contributed by atoms with E-state index in [1.165, 1.54) is 0 Å². The van der Waals surface area contributed by atoms with Crippen LogP contribution in [0, 0.1) is 31.6 Å². The number of carbonyl (C=O) groups excluding carboxylic acids is 3. The first kappa shape index (κ1) is 33.0. The van der Waals surface area contributed by atoms with Gasteiger partial charge in [0.25, 0.3) is 5.91 Å². The minimum atomic E-state index is -0.810. The smallest absolute Gasteiger partial charge is 0.251 e. The summed E-state index contributed by atoms with van der Waals surface area (Å²) in [4.78, 5) is 49.7. The number of carbonyl (C=O) groups is 3. The van der Waals surface area contributed by atoms with Crippen molar-refractivity contribution in [3.05, 3.63) is 90.5 Å². The second-order valence-corrected chi connectivity index (χ2v) is 14.5. The highest BCUT2D eigenvalue weighted by atomic mass is 32.2. The van der Waals surface area contributed by atoms with Gasteiger partial charge in [0.2, 0.25) is 11.8 Å². The van der Waals surface area contributed by atoms with E-state index >= 15 is 4.79 Å². The van der Waals surface area contributed by atoms with Gasteiger partial charge in [0.05, 0.1) is 29.2 Å². The van der Waals surface area contributed by atoms with Crippen LogP contribution in [0.15, 0.2) is 73.8 Å². The van der Waals surface area contributed by atoms with E-state index in [1.54, 1.807) is 38.6 Å². The minimum Gasteiger partial charge on any atom is -0.394 e. The molecule has 3 saturated heterocycles. The molecular formula is C37H47N3O4S. The standard InChI is InChI=1S/C37H47N3O4S/c1-7-20-38(22-27-16-11-10-12-17-27)34(42)30-29-18-19-37(45-29)31(30)35(43)40(28(23-41)24(4)9-3)33(37)36(44)39(21-8-2)32-25(5)14-13-15-26(32)6/h7-8,10-17,24,28-31,33,41H,1-2,9,18-23H2,3-6H3/t24-,28-,29+,30-,31-,33?,37?/m0/s1. The summed E-state index contributed by atoms with van der Waals surface area (Å²) in [6.07, 6.45) is 5.62. The van der Waals surface area contributed by atoms with Gasteiger partial charge in [-0.25, -0.2) is 0 Å². The van der Waals surface area contributed by atoms with Crippen LogP contribution in [-0.4, -0.2) is 74.4 Å². The van der Waals surface area contributed by atoms with E-state index in [-0.39, 0.29) is 42.0 Å². The molecule has 5 rings (SSSR count). The quantitative estimate of drug-likeness (QED) is 0.295. The zero-order valence-electron chi connectivity index (χ0n) is 27.0. The molecule has 7 atom stereocenters. The molecule has 2 aromatic rings. The number of benzene rings is 2. The number of aliphatic hydroxyl groups excluding tert-OH is 1. The lowest BCUT2D eigenvalue weighted by Crippen LogP contribution is -2.59. The van der Waals surface area contributed by atoms with Crippen LogP contribution in [0.2, 0.25) is 0 Å². The number of hydrogen-bond acceptors (Lipinski definition) is 5. The number of thioether (sulfide) groups is 1. The van der Waals surface area contributed by atoms with Gasteiger partial charge in [0.15, 0.2) is 0 Å². The van der Waals surface area contributed by atoms with Crippen molar-refractivity contribution in [3.8, 4) is 0 Å². The number of fused-ring (bicyclic) bond motifs is 1. The average molecular weight is 630 g/mol. The van der Waals surface area contributed by atoms with E-state index in [0.29, 0.717) is 19.5 Å². The maximum absolute atomic E-state index is 15.1. The van der Waals surface area contributed by atoms with Crippen LogP contribution in [0.3, 0.4) is 0 Å². The van der Waals surface area contributed by atoms with Crippen LogP contribution in [0.5, 0.6) is 0 Å². The Morgan fingerprint density at radius 3 is 2.33 bits per heavy atom. The highest BCUT2D eigenvalue weighted by Crippen LogP contribution is 2.67. The first-order valence-electron chi connectivity index (χ1n) is 16.2. The Hall–Kier alpha value is -3.36. The fourth-order valence-corrected chi connectivity index (χ4v) is 10.2. The summed E-state index contributed by atoms with van der Waals surface area (Å²) >= 11 is 1.67. The number of anilines is 1. The Morgan fingerprint density at radius 1 is 1.07 bits per heavy atom. The zero-order chi connectivity index (χ0) is 32.5. The van der Waals surface area contributed by atoms with Crippen LogP contribution in [0.25, 0.3) is 0 Å². The molecule has 2 bridgehead atoms. The normalized spacial score (nSPS) is 26.3. The minimum absolute atomic E-state index is 0.0378. The van der Waals surface area contributed by atoms with Gasteiger partial charge < -0.3 is 19.8 Å². The number of rotatable bonds is 13. The SMILES string of the molecule is C=CCN(Cc1ccccc1)C(=O)[C@@H]1[C@H]2C(=O)N([C@@H](CO)[C@@H](C)CC)C(C(=O)N(CC=C)c3c(C)cccc3C)C23CC[C@H]1S3. The molecule has 0 saturated carbocycles. The lowest BCUT2D eigenvalue weighted by atomic mass is 9.70. The van der Waals surface area contributed by atoms with Gasteiger partial charge in [-0.3, -0.25) is 14.4 Å². The molecule has 240 valence electrons. The van der Waals surface area contributed by atoms with Crippen LogP contribution >= 0.6 is 11.8 Å². The molecule has 7 nitrogen and oxygen atoms in total. The van der Waals surface area contributed by atoms with Gasteiger partial charge >= 0.3 is 0 Å². The average Bonchev–Trinajstić information content (AvgIpc) is 3.68. The van der Waals surface area contributed by atoms with E-state index in [9.17, 15) is 14.7 Å². The fraction of sp³-hybridized carbons (Fsp3) is 0.486. The summed E-state index contributed by atoms with van der Waals surface area (Å²) < 4.78 is -0.761. The molecule has 0 aliphatic carbocycles. The zero-order valence-corrected chi connectivity index (χ0v) is 27.8. The van der Waals surface area contributed by atoms with Crippen molar-refractivity contribution in [2.24, 2.45) is 17.8 Å². The monoisotopic (exact) mass is 629 g/mol. The largest absolute Gasteiger partial charge is 0.394 e. The summed E-state index contributed by atoms with van der Waals surface area (Å²) in [5, 5.41) is 10.7. The number of nitrogens with zero attached hydrogens (tertiary/aromatic N) is 3. The number of likely N-dealkylation sites (tertiary alicyclic amines) is 1. The van der Waals surface area contributed by atoms with Crippen molar-refractivity contribution in [1.82, 2.24) is 9.80 Å². The fourth-order valence-electron chi connectivity index (χ4n) is 8.03. The molecule has 0 radical (unpaired) electrons. The van der Waals surface area contributed by atoms with E-state index in [4.69, 9.17) is 0 Å². The maximum Gasteiger partial charge on any atom is 0.251 e. The van der Waals surface area contributed by atoms with Crippen LogP contribution < -0.4 is 4.90 Å². The predicted molar refractivity (Wildman–Crippen MR) is 182 cm³/mol. The Labute approximate surface area is 272 Å². The molecule has 3 fully saturated rings. The van der Waals surface area contributed by atoms with Gasteiger partial charge in [-0.1, -0.05) is 81.0 Å². The lowest BCUT2D eigenvalue weighted by Gasteiger charge is -2.41. The highest BCUT2D eigenvalue weighted by molar-refractivity contribution is 8.02. The molecule has 45 heavy (non-hydrogen) atoms. The van der Waals surface area contributed by atoms with Gasteiger partial charge in [0, 0.05) is 30.6 Å². The number of aliphatic hydroxyl groups is 1. The summed E-state index contributed by atoms with van der Waals surface area (Å²) in [5.41, 5.74) is 3.77. The molecule has 3 aliphatic rings. The van der Waals surface area contributed by atoms with Crippen LogP contribution in [0.4, 0.5) is 5.69 Å². The predicted octanol–water partition coefficient (Wildman–Crippen LogP) is 5.54. The number of para-hydroxylation sites is 1. The molecule has 1 N–H and O–H groups in total. The second kappa shape index (κ2) is 13.6. The molecule has 8 heteroatoms. The first-order valence-corrected chi connectivity index (χ1v) is 17.1. The Balaban J connectivity index is 1.61. The van der Waals surface area contributed by atoms with E-state index in [0.717, 1.165) is 35.2 Å². The van der Waals surface area contributed by atoms with Crippen molar-refractivity contribution in [3.63, 3.8) is 0 Å². The van der Waals surface area contributed by atoms with Gasteiger partial charge in [-0.15, -0.1) is 24.9 Å². The molecule has 2 unspecified atom stereocenters. The highest BCUT2D eigenvalue weighted by Gasteiger charge is 2.75. The third-order valence-corrected chi connectivity index (χ3v) is 12.2. The van der Waals surface area contributed by atoms with Crippen molar-refractivity contribution >= 4 is 35.2 Å². The number of hydrogen-bond donors (Lipinski definition) is 1. The van der Waals surface area contributed by atoms with E-state index < -0.39 is 28.7 Å². The molecule has 3 heterocycles. The first-order chi connectivity index (χ1) is 21.6. The van der Waals surface area contributed by atoms with Crippen molar-refractivity contribution in [1.29, 1.82) is 0 Å². The summed E-state index contributed by atoms with van der Waals surface area (Å²) in [7, 11) is 0. The Bertz CT molecular complexity index is 1430. The van der Waals surface area contributed by atoms with Crippen LogP contribution in [-0.2, 0) is 20.9 Å². The molecule has 3 aliphatic heterocycles. The number of amides is 3. The summed E-state index contributed by atoms with van der Waals surface area (Å²) in [5.74, 6) is -1.65. The lowest BCUT2D eigenvalue weighted by molar-refractivity contribution is -0.146. The maximum atomic E-state index is 15.1. The van der Waals surface area contributed by atoms with E-state index in [1.807, 2.05) is 76.2 Å². The summed E-state index contributed by atoms with van der Waals surface area (Å²) in [6, 6.07) is 14.5. The molecule has 1 spiro atoms. The third kappa shape index (κ3) is 5.65. The van der Waals surface area contributed by atoms with Gasteiger partial charge in [-0.2, -0.15) is 0 Å². The topological polar surface area (TPSA) is 81.2 Å². The van der Waals surface area contributed by atoms with Crippen molar-refractivity contribution in [2.45, 2.75) is 75.6 Å². The van der Waals surface area contributed by atoms with Gasteiger partial charge in [0.1, 0.15) is 6.04 Å². The van der Waals surface area contributed by atoms with E-state index in [2.05, 4.69) is 13.2 Å². The molecule has 3 amide bonds. The van der Waals surface area contributed by atoms with Crippen molar-refractivity contribution in [2.75, 3.05) is 24.6 Å². The summed E-state index contributed by atoms with van der Waals surface area (Å²) in [6.45, 7) is 16.7. The van der Waals surface area contributed by atoms with Gasteiger partial charge in [-0.05, 0) is 49.3 Å².